The van der Waals surface area contributed by atoms with Crippen LogP contribution in [0.3, 0.4) is 0 Å². The summed E-state index contributed by atoms with van der Waals surface area (Å²) in [5, 5.41) is 12.7. The van der Waals surface area contributed by atoms with Crippen molar-refractivity contribution in [2.75, 3.05) is 11.9 Å². The Hall–Kier alpha value is -2.82. The van der Waals surface area contributed by atoms with E-state index in [9.17, 15) is 14.7 Å². The van der Waals surface area contributed by atoms with E-state index in [0.717, 1.165) is 17.7 Å². The number of phenols is 1. The third-order valence-electron chi connectivity index (χ3n) is 4.17. The highest BCUT2D eigenvalue weighted by Gasteiger charge is 2.16. The average Bonchev–Trinajstić information content (AvgIpc) is 2.61. The Kier molecular flexibility index (Phi) is 6.17. The summed E-state index contributed by atoms with van der Waals surface area (Å²) in [5.41, 5.74) is 2.38. The van der Waals surface area contributed by atoms with E-state index in [1.165, 1.54) is 6.07 Å². The molecule has 0 aromatic heterocycles. The van der Waals surface area contributed by atoms with Crippen LogP contribution in [0.1, 0.15) is 47.7 Å². The molecule has 0 saturated carbocycles. The van der Waals surface area contributed by atoms with Crippen LogP contribution in [0.25, 0.3) is 0 Å². The zero-order valence-electron chi connectivity index (χ0n) is 14.7. The van der Waals surface area contributed by atoms with Gasteiger partial charge in [-0.2, -0.15) is 0 Å². The minimum atomic E-state index is -0.730. The van der Waals surface area contributed by atoms with Gasteiger partial charge in [-0.1, -0.05) is 44.2 Å². The fourth-order valence-electron chi connectivity index (χ4n) is 2.48. The van der Waals surface area contributed by atoms with Gasteiger partial charge in [0.25, 0.3) is 5.91 Å². The number of aryl methyl sites for hydroxylation is 1. The van der Waals surface area contributed by atoms with Gasteiger partial charge in [-0.3, -0.25) is 4.79 Å². The summed E-state index contributed by atoms with van der Waals surface area (Å²) in [6.45, 7) is 5.44. The predicted octanol–water partition coefficient (Wildman–Crippen LogP) is 4.01. The van der Waals surface area contributed by atoms with Crippen LogP contribution in [0.2, 0.25) is 0 Å². The normalized spacial score (nSPS) is 11.6. The van der Waals surface area contributed by atoms with Crippen molar-refractivity contribution in [1.82, 2.24) is 0 Å². The van der Waals surface area contributed by atoms with Gasteiger partial charge in [0.1, 0.15) is 11.3 Å². The van der Waals surface area contributed by atoms with Crippen LogP contribution in [0.5, 0.6) is 5.75 Å². The maximum absolute atomic E-state index is 12.1. The van der Waals surface area contributed by atoms with E-state index in [2.05, 4.69) is 19.2 Å². The lowest BCUT2D eigenvalue weighted by atomic mass is 9.97. The van der Waals surface area contributed by atoms with E-state index in [4.69, 9.17) is 4.74 Å². The lowest BCUT2D eigenvalue weighted by Gasteiger charge is -2.15. The van der Waals surface area contributed by atoms with Gasteiger partial charge in [0.15, 0.2) is 6.61 Å². The molecule has 25 heavy (non-hydrogen) atoms. The van der Waals surface area contributed by atoms with Crippen molar-refractivity contribution in [3.8, 4) is 5.75 Å². The number of benzene rings is 2. The topological polar surface area (TPSA) is 75.6 Å². The molecule has 132 valence electrons. The molecule has 0 aliphatic heterocycles. The second-order valence-corrected chi connectivity index (χ2v) is 5.99. The van der Waals surface area contributed by atoms with Crippen LogP contribution < -0.4 is 5.32 Å². The fourth-order valence-corrected chi connectivity index (χ4v) is 2.48. The van der Waals surface area contributed by atoms with Crippen LogP contribution >= 0.6 is 0 Å². The standard InChI is InChI=1S/C20H23NO4/c1-4-13(2)15-9-5-6-11-17(15)21-18(22)12-25-20(24)16-10-7-8-14(3)19(16)23/h5-11,13,23H,4,12H2,1-3H3,(H,21,22)/t13-/m0/s1. The molecule has 0 aliphatic carbocycles. The van der Waals surface area contributed by atoms with Crippen molar-refractivity contribution in [2.45, 2.75) is 33.1 Å². The smallest absolute Gasteiger partial charge is 0.342 e. The van der Waals surface area contributed by atoms with Crippen LogP contribution in [-0.4, -0.2) is 23.6 Å². The number of amides is 1. The highest BCUT2D eigenvalue weighted by molar-refractivity contribution is 5.97. The summed E-state index contributed by atoms with van der Waals surface area (Å²) < 4.78 is 5.01. The number of hydrogen-bond acceptors (Lipinski definition) is 4. The van der Waals surface area contributed by atoms with E-state index >= 15 is 0 Å². The van der Waals surface area contributed by atoms with E-state index in [0.29, 0.717) is 11.5 Å². The molecule has 2 rings (SSSR count). The molecule has 5 nitrogen and oxygen atoms in total. The minimum Gasteiger partial charge on any atom is -0.507 e. The molecule has 0 fully saturated rings. The number of rotatable bonds is 6. The monoisotopic (exact) mass is 341 g/mol. The molecule has 0 bridgehead atoms. The van der Waals surface area contributed by atoms with Gasteiger partial charge in [0.05, 0.1) is 0 Å². The summed E-state index contributed by atoms with van der Waals surface area (Å²) >= 11 is 0. The predicted molar refractivity (Wildman–Crippen MR) is 96.9 cm³/mol. The Labute approximate surface area is 147 Å². The van der Waals surface area contributed by atoms with Crippen molar-refractivity contribution < 1.29 is 19.4 Å². The largest absolute Gasteiger partial charge is 0.507 e. The molecular weight excluding hydrogens is 318 g/mol. The third-order valence-corrected chi connectivity index (χ3v) is 4.17. The van der Waals surface area contributed by atoms with Crippen molar-refractivity contribution in [3.05, 3.63) is 59.2 Å². The number of anilines is 1. The number of carbonyl (C=O) groups is 2. The van der Waals surface area contributed by atoms with Crippen molar-refractivity contribution in [2.24, 2.45) is 0 Å². The first-order valence-electron chi connectivity index (χ1n) is 8.28. The summed E-state index contributed by atoms with van der Waals surface area (Å²) in [7, 11) is 0. The molecule has 5 heteroatoms. The molecule has 0 spiro atoms. The summed E-state index contributed by atoms with van der Waals surface area (Å²) in [6, 6.07) is 12.4. The first kappa shape index (κ1) is 18.5. The molecule has 0 saturated heterocycles. The van der Waals surface area contributed by atoms with E-state index in [1.807, 2.05) is 24.3 Å². The summed E-state index contributed by atoms with van der Waals surface area (Å²) in [4.78, 5) is 24.1. The van der Waals surface area contributed by atoms with Gasteiger partial charge in [-0.05, 0) is 42.5 Å². The number of esters is 1. The highest BCUT2D eigenvalue weighted by atomic mass is 16.5. The average molecular weight is 341 g/mol. The maximum Gasteiger partial charge on any atom is 0.342 e. The molecule has 2 N–H and O–H groups in total. The summed E-state index contributed by atoms with van der Waals surface area (Å²) in [5.74, 6) is -0.971. The molecule has 0 radical (unpaired) electrons. The Bertz CT molecular complexity index is 770. The molecular formula is C20H23NO4. The Balaban J connectivity index is 2.00. The number of hydrogen-bond donors (Lipinski definition) is 2. The first-order chi connectivity index (χ1) is 11.9. The van der Waals surface area contributed by atoms with Crippen LogP contribution in [-0.2, 0) is 9.53 Å². The van der Waals surface area contributed by atoms with Crippen LogP contribution in [0.4, 0.5) is 5.69 Å². The fraction of sp³-hybridized carbons (Fsp3) is 0.300. The molecule has 1 amide bonds. The number of nitrogens with one attached hydrogen (secondary N) is 1. The van der Waals surface area contributed by atoms with Gasteiger partial charge >= 0.3 is 5.97 Å². The number of ether oxygens (including phenoxy) is 1. The summed E-state index contributed by atoms with van der Waals surface area (Å²) in [6.07, 6.45) is 0.953. The van der Waals surface area contributed by atoms with E-state index in [1.54, 1.807) is 19.1 Å². The molecule has 2 aromatic rings. The van der Waals surface area contributed by atoms with Crippen LogP contribution in [0, 0.1) is 6.92 Å². The Morgan fingerprint density at radius 2 is 1.88 bits per heavy atom. The quantitative estimate of drug-likeness (QED) is 0.779. The van der Waals surface area contributed by atoms with Crippen molar-refractivity contribution in [1.29, 1.82) is 0 Å². The Morgan fingerprint density at radius 3 is 2.60 bits per heavy atom. The molecule has 0 aliphatic rings. The van der Waals surface area contributed by atoms with Gasteiger partial charge in [-0.25, -0.2) is 4.79 Å². The molecule has 0 unspecified atom stereocenters. The minimum absolute atomic E-state index is 0.0489. The number of phenolic OH excluding ortho intramolecular Hbond substituents is 1. The van der Waals surface area contributed by atoms with Gasteiger partial charge in [0.2, 0.25) is 0 Å². The second kappa shape index (κ2) is 8.33. The lowest BCUT2D eigenvalue weighted by molar-refractivity contribution is -0.119. The first-order valence-corrected chi connectivity index (χ1v) is 8.28. The van der Waals surface area contributed by atoms with E-state index < -0.39 is 18.5 Å². The van der Waals surface area contributed by atoms with Gasteiger partial charge < -0.3 is 15.2 Å². The molecule has 1 atom stereocenters. The zero-order chi connectivity index (χ0) is 18.4. The number of carbonyl (C=O) groups excluding carboxylic acids is 2. The number of aromatic hydroxyl groups is 1. The highest BCUT2D eigenvalue weighted by Crippen LogP contribution is 2.26. The Morgan fingerprint density at radius 1 is 1.16 bits per heavy atom. The third kappa shape index (κ3) is 4.59. The van der Waals surface area contributed by atoms with Gasteiger partial charge in [-0.15, -0.1) is 0 Å². The maximum atomic E-state index is 12.1. The zero-order valence-corrected chi connectivity index (χ0v) is 14.7. The lowest BCUT2D eigenvalue weighted by Crippen LogP contribution is -2.21. The van der Waals surface area contributed by atoms with Crippen molar-refractivity contribution in [3.63, 3.8) is 0 Å². The molecule has 0 heterocycles. The number of para-hydroxylation sites is 2. The van der Waals surface area contributed by atoms with E-state index in [-0.39, 0.29) is 11.3 Å². The van der Waals surface area contributed by atoms with Gasteiger partial charge in [0, 0.05) is 5.69 Å². The van der Waals surface area contributed by atoms with Crippen LogP contribution in [0.15, 0.2) is 42.5 Å². The second-order valence-electron chi connectivity index (χ2n) is 5.99. The molecule has 2 aromatic carbocycles. The van der Waals surface area contributed by atoms with Crippen molar-refractivity contribution >= 4 is 17.6 Å². The SMILES string of the molecule is CC[C@H](C)c1ccccc1NC(=O)COC(=O)c1cccc(C)c1O.